The van der Waals surface area contributed by atoms with Gasteiger partial charge in [0.25, 0.3) is 0 Å². The highest BCUT2D eigenvalue weighted by atomic mass is 19.4. The van der Waals surface area contributed by atoms with Crippen LogP contribution in [0.15, 0.2) is 0 Å². The first-order valence-corrected chi connectivity index (χ1v) is 12.2. The Hall–Kier alpha value is -0.210. The third-order valence-electron chi connectivity index (χ3n) is 8.91. The molecule has 0 N–H and O–H groups in total. The highest BCUT2D eigenvalue weighted by Crippen LogP contribution is 2.80. The Kier molecular flexibility index (Phi) is 6.01. The lowest BCUT2D eigenvalue weighted by atomic mass is 9.32. The summed E-state index contributed by atoms with van der Waals surface area (Å²) in [7, 11) is 0. The van der Waals surface area contributed by atoms with Gasteiger partial charge >= 0.3 is 6.18 Å². The molecule has 3 heteroatoms. The Balaban J connectivity index is 0.000000128. The lowest BCUT2D eigenvalue weighted by Crippen LogP contribution is -2.69. The molecule has 170 valence electrons. The van der Waals surface area contributed by atoms with Gasteiger partial charge in [0.05, 0.1) is 5.41 Å². The second kappa shape index (κ2) is 7.44. The molecule has 0 spiro atoms. The second-order valence-corrected chi connectivity index (χ2v) is 13.3. The summed E-state index contributed by atoms with van der Waals surface area (Å²) >= 11 is 0. The van der Waals surface area contributed by atoms with Crippen molar-refractivity contribution in [2.24, 2.45) is 45.3 Å². The van der Waals surface area contributed by atoms with Crippen LogP contribution in [0.1, 0.15) is 113 Å². The third-order valence-corrected chi connectivity index (χ3v) is 8.91. The molecular weight excluding hydrogens is 369 g/mol. The Morgan fingerprint density at radius 2 is 1.24 bits per heavy atom. The fraction of sp³-hybridized carbons (Fsp3) is 1.00. The summed E-state index contributed by atoms with van der Waals surface area (Å²) in [6.07, 6.45) is 7.85. The van der Waals surface area contributed by atoms with Crippen molar-refractivity contribution in [1.29, 1.82) is 0 Å². The molecule has 0 aromatic rings. The molecule has 0 aromatic carbocycles. The quantitative estimate of drug-likeness (QED) is 0.421. The average molecular weight is 415 g/mol. The van der Waals surface area contributed by atoms with E-state index in [2.05, 4.69) is 34.6 Å². The molecular formula is C26H45F3. The van der Waals surface area contributed by atoms with Crippen molar-refractivity contribution < 1.29 is 13.2 Å². The normalized spacial score (nSPS) is 39.8. The van der Waals surface area contributed by atoms with Gasteiger partial charge in [-0.3, -0.25) is 0 Å². The van der Waals surface area contributed by atoms with Crippen LogP contribution in [0.5, 0.6) is 0 Å². The minimum atomic E-state index is -3.94. The molecule has 0 aromatic heterocycles. The molecule has 0 saturated heterocycles. The van der Waals surface area contributed by atoms with E-state index in [-0.39, 0.29) is 5.41 Å². The Morgan fingerprint density at radius 3 is 1.41 bits per heavy atom. The molecule has 7 fully saturated rings. The maximum absolute atomic E-state index is 12.4. The smallest absolute Gasteiger partial charge is 0.171 e. The summed E-state index contributed by atoms with van der Waals surface area (Å²) < 4.78 is 37.1. The lowest BCUT2D eigenvalue weighted by molar-refractivity contribution is -0.373. The number of hydrogen-bond acceptors (Lipinski definition) is 0. The Bertz CT molecular complexity index is 542. The Labute approximate surface area is 177 Å². The zero-order valence-electron chi connectivity index (χ0n) is 20.0. The third kappa shape index (κ3) is 4.69. The first kappa shape index (κ1) is 23.5. The topological polar surface area (TPSA) is 0 Å². The maximum atomic E-state index is 12.4. The van der Waals surface area contributed by atoms with Crippen molar-refractivity contribution in [2.75, 3.05) is 0 Å². The van der Waals surface area contributed by atoms with Gasteiger partial charge in [-0.2, -0.15) is 13.2 Å². The second-order valence-electron chi connectivity index (χ2n) is 13.3. The van der Waals surface area contributed by atoms with Crippen LogP contribution >= 0.6 is 0 Å². The van der Waals surface area contributed by atoms with Crippen molar-refractivity contribution in [2.45, 2.75) is 119 Å². The van der Waals surface area contributed by atoms with E-state index < -0.39 is 11.6 Å². The largest absolute Gasteiger partial charge is 0.394 e. The first-order valence-electron chi connectivity index (χ1n) is 12.2. The van der Waals surface area contributed by atoms with E-state index in [0.717, 1.165) is 22.7 Å². The Morgan fingerprint density at radius 1 is 0.793 bits per heavy atom. The molecule has 0 atom stereocenters. The van der Waals surface area contributed by atoms with Crippen LogP contribution in [0.2, 0.25) is 0 Å². The standard InChI is InChI=1S/C9H13F3.C9H16.C8H16/c1-6(2)7-3-8(4-7,5-7)9(10,11)12;1-7(2)3-9-4-8(5-9)6-9;1-7(2)6-8(3)4-5-8/h6H,3-5H2,1-2H3;7-8H,3-6H2,1-2H3;7H,4-6H2,1-3H3. The van der Waals surface area contributed by atoms with Crippen LogP contribution in [0.4, 0.5) is 13.2 Å². The van der Waals surface area contributed by atoms with Gasteiger partial charge in [-0.05, 0) is 104 Å². The predicted molar refractivity (Wildman–Crippen MR) is 116 cm³/mol. The number of hydrogen-bond donors (Lipinski definition) is 0. The minimum absolute atomic E-state index is 0.0650. The molecule has 7 rings (SSSR count). The molecule has 0 radical (unpaired) electrons. The molecule has 0 nitrogen and oxygen atoms in total. The summed E-state index contributed by atoms with van der Waals surface area (Å²) in [5.74, 6) is 3.43. The predicted octanol–water partition coefficient (Wildman–Crippen LogP) is 9.04. The van der Waals surface area contributed by atoms with E-state index in [1.54, 1.807) is 19.3 Å². The maximum Gasteiger partial charge on any atom is 0.394 e. The van der Waals surface area contributed by atoms with Gasteiger partial charge in [0.1, 0.15) is 0 Å². The molecule has 0 heterocycles. The van der Waals surface area contributed by atoms with Crippen molar-refractivity contribution in [1.82, 2.24) is 0 Å². The molecule has 4 bridgehead atoms. The van der Waals surface area contributed by atoms with Crippen LogP contribution in [0, 0.1) is 45.3 Å². The van der Waals surface area contributed by atoms with Crippen LogP contribution in [0.3, 0.4) is 0 Å². The summed E-state index contributed by atoms with van der Waals surface area (Å²) in [6.45, 7) is 15.8. The van der Waals surface area contributed by atoms with Gasteiger partial charge in [-0.15, -0.1) is 0 Å². The van der Waals surface area contributed by atoms with Gasteiger partial charge in [-0.1, -0.05) is 48.5 Å². The summed E-state index contributed by atoms with van der Waals surface area (Å²) in [6, 6.07) is 0. The van der Waals surface area contributed by atoms with E-state index >= 15 is 0 Å². The summed E-state index contributed by atoms with van der Waals surface area (Å²) in [5.41, 5.74) is 0.472. The van der Waals surface area contributed by atoms with Crippen LogP contribution in [-0.4, -0.2) is 6.18 Å². The van der Waals surface area contributed by atoms with Gasteiger partial charge in [0.2, 0.25) is 0 Å². The van der Waals surface area contributed by atoms with E-state index in [1.165, 1.54) is 31.6 Å². The molecule has 0 aliphatic heterocycles. The number of halogens is 3. The van der Waals surface area contributed by atoms with Gasteiger partial charge in [0, 0.05) is 0 Å². The fourth-order valence-electron chi connectivity index (χ4n) is 6.96. The molecule has 0 amide bonds. The zero-order chi connectivity index (χ0) is 21.9. The SMILES string of the molecule is CC(C)C12CC(C(F)(F)F)(C1)C2.CC(C)CC1(C)CC1.CC(C)CC12CC(C1)C2. The van der Waals surface area contributed by atoms with E-state index in [4.69, 9.17) is 0 Å². The first-order chi connectivity index (χ1) is 13.1. The highest BCUT2D eigenvalue weighted by molar-refractivity contribution is 5.20. The molecule has 7 saturated carbocycles. The number of rotatable bonds is 5. The van der Waals surface area contributed by atoms with Crippen LogP contribution in [-0.2, 0) is 0 Å². The highest BCUT2D eigenvalue weighted by Gasteiger charge is 2.78. The van der Waals surface area contributed by atoms with Crippen molar-refractivity contribution in [3.8, 4) is 0 Å². The molecule has 7 aliphatic rings. The molecule has 7 aliphatic carbocycles. The average Bonchev–Trinajstić information content (AvgIpc) is 3.04. The van der Waals surface area contributed by atoms with Gasteiger partial charge in [-0.25, -0.2) is 0 Å². The number of alkyl halides is 3. The van der Waals surface area contributed by atoms with Crippen molar-refractivity contribution in [3.63, 3.8) is 0 Å². The fourth-order valence-corrected chi connectivity index (χ4v) is 6.96. The summed E-state index contributed by atoms with van der Waals surface area (Å²) in [4.78, 5) is 0. The van der Waals surface area contributed by atoms with Crippen LogP contribution < -0.4 is 0 Å². The zero-order valence-corrected chi connectivity index (χ0v) is 20.0. The van der Waals surface area contributed by atoms with Crippen molar-refractivity contribution >= 4 is 0 Å². The summed E-state index contributed by atoms with van der Waals surface area (Å²) in [5, 5.41) is 0. The van der Waals surface area contributed by atoms with Crippen LogP contribution in [0.25, 0.3) is 0 Å². The van der Waals surface area contributed by atoms with E-state index in [1.807, 2.05) is 13.8 Å². The monoisotopic (exact) mass is 414 g/mol. The van der Waals surface area contributed by atoms with E-state index in [9.17, 15) is 13.2 Å². The van der Waals surface area contributed by atoms with E-state index in [0.29, 0.717) is 25.2 Å². The minimum Gasteiger partial charge on any atom is -0.171 e. The van der Waals surface area contributed by atoms with Gasteiger partial charge < -0.3 is 0 Å². The van der Waals surface area contributed by atoms with Crippen molar-refractivity contribution in [3.05, 3.63) is 0 Å². The molecule has 29 heavy (non-hydrogen) atoms. The molecule has 0 unspecified atom stereocenters. The van der Waals surface area contributed by atoms with Gasteiger partial charge in [0.15, 0.2) is 0 Å². The lowest BCUT2D eigenvalue weighted by Gasteiger charge is -2.72.